The lowest BCUT2D eigenvalue weighted by molar-refractivity contribution is -0.123. The molecule has 0 atom stereocenters. The van der Waals surface area contributed by atoms with Gasteiger partial charge in [0.2, 0.25) is 10.0 Å². The molecule has 0 bridgehead atoms. The van der Waals surface area contributed by atoms with Crippen LogP contribution in [0.5, 0.6) is 5.75 Å². The van der Waals surface area contributed by atoms with Gasteiger partial charge in [-0.2, -0.15) is 5.10 Å². The Labute approximate surface area is 155 Å². The first kappa shape index (κ1) is 18.6. The van der Waals surface area contributed by atoms with E-state index in [0.717, 1.165) is 5.52 Å². The average molecular weight is 392 g/mol. The van der Waals surface area contributed by atoms with Gasteiger partial charge in [-0.15, -0.1) is 0 Å². The number of benzene rings is 1. The summed E-state index contributed by atoms with van der Waals surface area (Å²) >= 11 is 0. The van der Waals surface area contributed by atoms with Crippen molar-refractivity contribution in [2.24, 2.45) is 0 Å². The quantitative estimate of drug-likeness (QED) is 0.604. The SMILES string of the molecule is O=C(COc1ccccc1F)NCCS(=O)(=O)Nc1ccn2nccc2c1. The molecule has 0 aliphatic carbocycles. The van der Waals surface area contributed by atoms with Crippen molar-refractivity contribution in [2.75, 3.05) is 23.6 Å². The van der Waals surface area contributed by atoms with Gasteiger partial charge in [0.05, 0.1) is 17.0 Å². The number of pyridine rings is 1. The zero-order valence-electron chi connectivity index (χ0n) is 14.1. The minimum atomic E-state index is -3.65. The minimum Gasteiger partial charge on any atom is -0.481 e. The number of amides is 1. The van der Waals surface area contributed by atoms with Crippen LogP contribution in [-0.4, -0.2) is 42.8 Å². The summed E-state index contributed by atoms with van der Waals surface area (Å²) in [6.07, 6.45) is 3.24. The molecule has 0 fully saturated rings. The number of carbonyl (C=O) groups is 1. The molecule has 0 aliphatic heterocycles. The van der Waals surface area contributed by atoms with Crippen LogP contribution in [0.4, 0.5) is 10.1 Å². The van der Waals surface area contributed by atoms with E-state index in [0.29, 0.717) is 5.69 Å². The van der Waals surface area contributed by atoms with Gasteiger partial charge >= 0.3 is 0 Å². The number of fused-ring (bicyclic) bond motifs is 1. The highest BCUT2D eigenvalue weighted by Gasteiger charge is 2.12. The molecule has 1 aromatic carbocycles. The number of rotatable bonds is 8. The third kappa shape index (κ3) is 5.17. The van der Waals surface area contributed by atoms with Gasteiger partial charge in [0, 0.05) is 18.9 Å². The van der Waals surface area contributed by atoms with Crippen LogP contribution in [0.25, 0.3) is 5.52 Å². The molecule has 2 N–H and O–H groups in total. The zero-order valence-corrected chi connectivity index (χ0v) is 14.9. The maximum absolute atomic E-state index is 13.4. The van der Waals surface area contributed by atoms with Crippen LogP contribution in [0.1, 0.15) is 0 Å². The molecule has 0 spiro atoms. The summed E-state index contributed by atoms with van der Waals surface area (Å²) in [5.74, 6) is -1.48. The Morgan fingerprint density at radius 2 is 2.04 bits per heavy atom. The number of hydrogen-bond donors (Lipinski definition) is 2. The number of anilines is 1. The Hall–Kier alpha value is -3.14. The second kappa shape index (κ2) is 8.04. The van der Waals surface area contributed by atoms with Gasteiger partial charge in [-0.3, -0.25) is 9.52 Å². The summed E-state index contributed by atoms with van der Waals surface area (Å²) < 4.78 is 46.7. The number of para-hydroxylation sites is 1. The summed E-state index contributed by atoms with van der Waals surface area (Å²) in [5.41, 5.74) is 1.14. The Balaban J connectivity index is 1.45. The largest absolute Gasteiger partial charge is 0.481 e. The van der Waals surface area contributed by atoms with Crippen molar-refractivity contribution in [1.82, 2.24) is 14.9 Å². The first-order valence-electron chi connectivity index (χ1n) is 8.01. The van der Waals surface area contributed by atoms with Crippen molar-refractivity contribution in [2.45, 2.75) is 0 Å². The second-order valence-corrected chi connectivity index (χ2v) is 7.45. The van der Waals surface area contributed by atoms with Crippen molar-refractivity contribution in [3.63, 3.8) is 0 Å². The van der Waals surface area contributed by atoms with Crippen molar-refractivity contribution in [3.8, 4) is 5.75 Å². The van der Waals surface area contributed by atoms with Crippen molar-refractivity contribution >= 4 is 27.1 Å². The van der Waals surface area contributed by atoms with Crippen molar-refractivity contribution in [3.05, 3.63) is 60.7 Å². The lowest BCUT2D eigenvalue weighted by atomic mass is 10.3. The van der Waals surface area contributed by atoms with E-state index in [-0.39, 0.29) is 18.0 Å². The van der Waals surface area contributed by atoms with E-state index in [1.165, 1.54) is 18.2 Å². The summed E-state index contributed by atoms with van der Waals surface area (Å²) in [5, 5.41) is 6.45. The maximum atomic E-state index is 13.4. The molecule has 2 heterocycles. The number of ether oxygens (including phenoxy) is 1. The van der Waals surface area contributed by atoms with Crippen molar-refractivity contribution < 1.29 is 22.3 Å². The van der Waals surface area contributed by atoms with E-state index in [9.17, 15) is 17.6 Å². The molecule has 0 unspecified atom stereocenters. The summed E-state index contributed by atoms with van der Waals surface area (Å²) in [7, 11) is -3.65. The summed E-state index contributed by atoms with van der Waals surface area (Å²) in [6.45, 7) is -0.518. The van der Waals surface area contributed by atoms with Crippen LogP contribution in [0, 0.1) is 5.82 Å². The van der Waals surface area contributed by atoms with E-state index in [4.69, 9.17) is 4.74 Å². The third-order valence-electron chi connectivity index (χ3n) is 3.56. The number of aromatic nitrogens is 2. The minimum absolute atomic E-state index is 0.0443. The standard InChI is InChI=1S/C17H17FN4O4S/c18-15-3-1-2-4-16(15)26-12-17(23)19-8-10-27(24,25)21-13-6-9-22-14(11-13)5-7-20-22/h1-7,9,11,21H,8,10,12H2,(H,19,23). The fourth-order valence-corrected chi connectivity index (χ4v) is 3.26. The Morgan fingerprint density at radius 3 is 2.85 bits per heavy atom. The molecule has 1 amide bonds. The third-order valence-corrected chi connectivity index (χ3v) is 4.85. The molecule has 0 saturated carbocycles. The van der Waals surface area contributed by atoms with E-state index in [2.05, 4.69) is 15.1 Å². The predicted molar refractivity (Wildman–Crippen MR) is 97.5 cm³/mol. The number of sulfonamides is 1. The molecule has 0 saturated heterocycles. The van der Waals surface area contributed by atoms with Crippen LogP contribution in [-0.2, 0) is 14.8 Å². The average Bonchev–Trinajstić information content (AvgIpc) is 3.08. The van der Waals surface area contributed by atoms with Crippen LogP contribution in [0.2, 0.25) is 0 Å². The smallest absolute Gasteiger partial charge is 0.257 e. The predicted octanol–water partition coefficient (Wildman–Crippen LogP) is 1.41. The number of halogens is 1. The van der Waals surface area contributed by atoms with Gasteiger partial charge in [0.25, 0.3) is 5.91 Å². The second-order valence-electron chi connectivity index (χ2n) is 5.61. The molecule has 0 aliphatic rings. The van der Waals surface area contributed by atoms with E-state index < -0.39 is 28.4 Å². The van der Waals surface area contributed by atoms with Crippen LogP contribution in [0.3, 0.4) is 0 Å². The van der Waals surface area contributed by atoms with Gasteiger partial charge in [0.15, 0.2) is 18.2 Å². The lowest BCUT2D eigenvalue weighted by Gasteiger charge is -2.10. The van der Waals surface area contributed by atoms with Gasteiger partial charge in [-0.25, -0.2) is 17.3 Å². The fourth-order valence-electron chi connectivity index (χ4n) is 2.30. The number of nitrogens with zero attached hydrogens (tertiary/aromatic N) is 2. The van der Waals surface area contributed by atoms with Crippen LogP contribution < -0.4 is 14.8 Å². The Kier molecular flexibility index (Phi) is 5.55. The lowest BCUT2D eigenvalue weighted by Crippen LogP contribution is -2.34. The molecule has 3 aromatic rings. The molecule has 27 heavy (non-hydrogen) atoms. The normalized spacial score (nSPS) is 11.3. The Morgan fingerprint density at radius 1 is 1.22 bits per heavy atom. The van der Waals surface area contributed by atoms with E-state index in [1.54, 1.807) is 41.2 Å². The van der Waals surface area contributed by atoms with Gasteiger partial charge in [-0.05, 0) is 30.3 Å². The topological polar surface area (TPSA) is 102 Å². The van der Waals surface area contributed by atoms with Crippen LogP contribution in [0.15, 0.2) is 54.9 Å². The molecule has 2 aromatic heterocycles. The van der Waals surface area contributed by atoms with Crippen molar-refractivity contribution in [1.29, 1.82) is 0 Å². The summed E-state index contributed by atoms with van der Waals surface area (Å²) in [4.78, 5) is 11.7. The van der Waals surface area contributed by atoms with Gasteiger partial charge < -0.3 is 10.1 Å². The number of nitrogens with one attached hydrogen (secondary N) is 2. The highest BCUT2D eigenvalue weighted by molar-refractivity contribution is 7.92. The van der Waals surface area contributed by atoms with Crippen LogP contribution >= 0.6 is 0 Å². The van der Waals surface area contributed by atoms with E-state index >= 15 is 0 Å². The highest BCUT2D eigenvalue weighted by atomic mass is 32.2. The Bertz CT molecular complexity index is 1050. The van der Waals surface area contributed by atoms with E-state index in [1.807, 2.05) is 0 Å². The maximum Gasteiger partial charge on any atom is 0.257 e. The number of carbonyl (C=O) groups excluding carboxylic acids is 1. The molecule has 0 radical (unpaired) electrons. The zero-order chi connectivity index (χ0) is 19.3. The van der Waals surface area contributed by atoms with Gasteiger partial charge in [-0.1, -0.05) is 12.1 Å². The molecule has 10 heteroatoms. The molecular weight excluding hydrogens is 375 g/mol. The molecule has 8 nitrogen and oxygen atoms in total. The molecular formula is C17H17FN4O4S. The van der Waals surface area contributed by atoms with Gasteiger partial charge in [0.1, 0.15) is 0 Å². The monoisotopic (exact) mass is 392 g/mol. The molecule has 3 rings (SSSR count). The number of hydrogen-bond acceptors (Lipinski definition) is 5. The first-order valence-corrected chi connectivity index (χ1v) is 9.66. The molecule has 142 valence electrons. The fraction of sp³-hybridized carbons (Fsp3) is 0.176. The highest BCUT2D eigenvalue weighted by Crippen LogP contribution is 2.15. The first-order chi connectivity index (χ1) is 12.9. The summed E-state index contributed by atoms with van der Waals surface area (Å²) in [6, 6.07) is 10.7.